The van der Waals surface area contributed by atoms with Gasteiger partial charge in [-0.25, -0.2) is 0 Å². The first-order valence-corrected chi connectivity index (χ1v) is 15.3. The van der Waals surface area contributed by atoms with E-state index < -0.39 is 0 Å². The first-order chi connectivity index (χ1) is 20.5. The van der Waals surface area contributed by atoms with Gasteiger partial charge in [0, 0.05) is 52.2 Å². The number of aromatic nitrogens is 3. The van der Waals surface area contributed by atoms with Crippen molar-refractivity contribution in [2.24, 2.45) is 0 Å². The Morgan fingerprint density at radius 2 is 1.95 bits per heavy atom. The van der Waals surface area contributed by atoms with Gasteiger partial charge in [0.1, 0.15) is 12.4 Å². The molecule has 0 aliphatic carbocycles. The van der Waals surface area contributed by atoms with Crippen LogP contribution in [0.1, 0.15) is 32.1 Å². The SMILES string of the molecule is C=CC(=O)N1CC[C@@H]2[C@H]1CN2c1nc(OCC23CCCN2CCC3)nc2cc(-c3cncc4cccc(Cl)c34)ccc12. The lowest BCUT2D eigenvalue weighted by atomic mass is 9.95. The Kier molecular flexibility index (Phi) is 6.12. The topological polar surface area (TPSA) is 74.7 Å². The minimum absolute atomic E-state index is 0.00246. The van der Waals surface area contributed by atoms with E-state index in [4.69, 9.17) is 26.3 Å². The average molecular weight is 581 g/mol. The molecule has 4 aliphatic heterocycles. The number of benzene rings is 2. The molecule has 9 heteroatoms. The molecule has 2 atom stereocenters. The van der Waals surface area contributed by atoms with Gasteiger partial charge < -0.3 is 14.5 Å². The number of anilines is 1. The zero-order valence-electron chi connectivity index (χ0n) is 23.5. The molecule has 0 bridgehead atoms. The molecule has 4 aromatic rings. The smallest absolute Gasteiger partial charge is 0.319 e. The summed E-state index contributed by atoms with van der Waals surface area (Å²) in [6.45, 7) is 8.06. The molecule has 0 spiro atoms. The zero-order valence-corrected chi connectivity index (χ0v) is 24.3. The van der Waals surface area contributed by atoms with Crippen LogP contribution < -0.4 is 9.64 Å². The molecule has 2 aromatic heterocycles. The maximum Gasteiger partial charge on any atom is 0.319 e. The van der Waals surface area contributed by atoms with Crippen molar-refractivity contribution in [1.82, 2.24) is 24.8 Å². The normalized spacial score (nSPS) is 22.8. The number of rotatable bonds is 6. The third-order valence-corrected chi connectivity index (χ3v) is 10.3. The van der Waals surface area contributed by atoms with Crippen molar-refractivity contribution >= 4 is 45.0 Å². The fourth-order valence-electron chi connectivity index (χ4n) is 7.87. The van der Waals surface area contributed by atoms with Gasteiger partial charge in [0.25, 0.3) is 0 Å². The minimum atomic E-state index is 0.00246. The Morgan fingerprint density at radius 1 is 1.10 bits per heavy atom. The maximum absolute atomic E-state index is 12.4. The number of amides is 1. The second-order valence-corrected chi connectivity index (χ2v) is 12.5. The van der Waals surface area contributed by atoms with Crippen LogP contribution in [0.15, 0.2) is 61.4 Å². The van der Waals surface area contributed by atoms with E-state index in [0.29, 0.717) is 17.6 Å². The van der Waals surface area contributed by atoms with E-state index in [0.717, 1.165) is 84.1 Å². The van der Waals surface area contributed by atoms with Crippen molar-refractivity contribution < 1.29 is 9.53 Å². The van der Waals surface area contributed by atoms with Crippen LogP contribution in [-0.2, 0) is 4.79 Å². The van der Waals surface area contributed by atoms with Gasteiger partial charge in [-0.2, -0.15) is 9.97 Å². The van der Waals surface area contributed by atoms with Gasteiger partial charge >= 0.3 is 6.01 Å². The number of pyridine rings is 1. The van der Waals surface area contributed by atoms with Gasteiger partial charge in [0.2, 0.25) is 5.91 Å². The van der Waals surface area contributed by atoms with Gasteiger partial charge in [0.05, 0.1) is 23.1 Å². The van der Waals surface area contributed by atoms with E-state index in [1.807, 2.05) is 35.5 Å². The predicted octanol–water partition coefficient (Wildman–Crippen LogP) is 5.48. The number of nitrogens with zero attached hydrogens (tertiary/aromatic N) is 6. The zero-order chi connectivity index (χ0) is 28.4. The number of carbonyl (C=O) groups excluding carboxylic acids is 1. The number of halogens is 1. The van der Waals surface area contributed by atoms with Crippen LogP contribution in [0.4, 0.5) is 5.82 Å². The first-order valence-electron chi connectivity index (χ1n) is 15.0. The molecule has 8 nitrogen and oxygen atoms in total. The summed E-state index contributed by atoms with van der Waals surface area (Å²) in [7, 11) is 0. The summed E-state index contributed by atoms with van der Waals surface area (Å²) < 4.78 is 6.48. The van der Waals surface area contributed by atoms with Crippen molar-refractivity contribution in [2.45, 2.75) is 49.7 Å². The molecule has 4 saturated heterocycles. The average Bonchev–Trinajstić information content (AvgIpc) is 3.68. The second-order valence-electron chi connectivity index (χ2n) is 12.1. The molecule has 4 aliphatic rings. The van der Waals surface area contributed by atoms with Crippen LogP contribution in [0.3, 0.4) is 0 Å². The molecule has 0 unspecified atom stereocenters. The molecule has 0 radical (unpaired) electrons. The predicted molar refractivity (Wildman–Crippen MR) is 165 cm³/mol. The van der Waals surface area contributed by atoms with Crippen molar-refractivity contribution in [2.75, 3.05) is 37.7 Å². The lowest BCUT2D eigenvalue weighted by molar-refractivity contribution is -0.127. The van der Waals surface area contributed by atoms with Gasteiger partial charge in [-0.15, -0.1) is 0 Å². The third kappa shape index (κ3) is 3.99. The second kappa shape index (κ2) is 9.92. The highest BCUT2D eigenvalue weighted by Crippen LogP contribution is 2.42. The van der Waals surface area contributed by atoms with E-state index in [1.54, 1.807) is 0 Å². The molecule has 2 aromatic carbocycles. The molecule has 4 fully saturated rings. The van der Waals surface area contributed by atoms with Gasteiger partial charge in [-0.05, 0) is 75.0 Å². The molecule has 214 valence electrons. The summed E-state index contributed by atoms with van der Waals surface area (Å²) in [5.41, 5.74) is 2.88. The van der Waals surface area contributed by atoms with Crippen LogP contribution in [0.2, 0.25) is 5.02 Å². The van der Waals surface area contributed by atoms with E-state index in [-0.39, 0.29) is 23.5 Å². The maximum atomic E-state index is 12.4. The highest BCUT2D eigenvalue weighted by Gasteiger charge is 2.49. The minimum Gasteiger partial charge on any atom is -0.461 e. The number of hydrogen-bond donors (Lipinski definition) is 0. The van der Waals surface area contributed by atoms with E-state index in [1.165, 1.54) is 18.9 Å². The molecule has 1 amide bonds. The van der Waals surface area contributed by atoms with E-state index in [9.17, 15) is 4.79 Å². The molecule has 42 heavy (non-hydrogen) atoms. The lowest BCUT2D eigenvalue weighted by Crippen LogP contribution is -2.63. The lowest BCUT2D eigenvalue weighted by Gasteiger charge is -2.47. The molecule has 8 rings (SSSR count). The summed E-state index contributed by atoms with van der Waals surface area (Å²) >= 11 is 6.67. The van der Waals surface area contributed by atoms with E-state index >= 15 is 0 Å². The van der Waals surface area contributed by atoms with Crippen LogP contribution in [-0.4, -0.2) is 81.1 Å². The molecule has 0 saturated carbocycles. The quantitative estimate of drug-likeness (QED) is 0.280. The number of carbonyl (C=O) groups is 1. The first kappa shape index (κ1) is 25.9. The fraction of sp³-hybridized carbons (Fsp3) is 0.394. The molecule has 0 N–H and O–H groups in total. The van der Waals surface area contributed by atoms with Crippen molar-refractivity contribution in [1.29, 1.82) is 0 Å². The van der Waals surface area contributed by atoms with Crippen LogP contribution in [0, 0.1) is 0 Å². The Bertz CT molecular complexity index is 1730. The van der Waals surface area contributed by atoms with Crippen molar-refractivity contribution in [3.05, 3.63) is 66.5 Å². The van der Waals surface area contributed by atoms with Crippen LogP contribution in [0.25, 0.3) is 32.8 Å². The van der Waals surface area contributed by atoms with Crippen molar-refractivity contribution in [3.63, 3.8) is 0 Å². The van der Waals surface area contributed by atoms with Crippen LogP contribution >= 0.6 is 11.6 Å². The van der Waals surface area contributed by atoms with E-state index in [2.05, 4.69) is 39.6 Å². The number of likely N-dealkylation sites (tertiary alicyclic amines) is 1. The molecular weight excluding hydrogens is 548 g/mol. The number of hydrogen-bond acceptors (Lipinski definition) is 7. The Labute approximate surface area is 249 Å². The third-order valence-electron chi connectivity index (χ3n) is 10.0. The Balaban J connectivity index is 1.20. The standard InChI is InChI=1S/C33H33ClN6O2/c1-2-29(41)39-15-10-27-28(39)19-40(27)31-23-9-8-21(24-18-35-17-22-6-3-7-25(34)30(22)24)16-26(23)36-32(37-31)42-20-33-11-4-13-38(33)14-5-12-33/h2-3,6-9,16-18,27-28H,1,4-5,10-15,19-20H2/t27-,28-/m1/s1. The van der Waals surface area contributed by atoms with Crippen LogP contribution in [0.5, 0.6) is 6.01 Å². The molecular formula is C33H33ClN6O2. The Hall–Kier alpha value is -3.75. The summed E-state index contributed by atoms with van der Waals surface area (Å²) in [6, 6.07) is 13.0. The van der Waals surface area contributed by atoms with Crippen molar-refractivity contribution in [3.8, 4) is 17.1 Å². The summed E-state index contributed by atoms with van der Waals surface area (Å²) in [5, 5.41) is 3.64. The monoisotopic (exact) mass is 580 g/mol. The van der Waals surface area contributed by atoms with Gasteiger partial charge in [-0.3, -0.25) is 14.7 Å². The number of fused-ring (bicyclic) bond motifs is 4. The number of ether oxygens (including phenoxy) is 1. The Morgan fingerprint density at radius 3 is 2.79 bits per heavy atom. The largest absolute Gasteiger partial charge is 0.461 e. The highest BCUT2D eigenvalue weighted by atomic mass is 35.5. The summed E-state index contributed by atoms with van der Waals surface area (Å²) in [4.78, 5) is 33.8. The summed E-state index contributed by atoms with van der Waals surface area (Å²) in [6.07, 6.45) is 10.8. The van der Waals surface area contributed by atoms with Gasteiger partial charge in [-0.1, -0.05) is 36.4 Å². The fourth-order valence-corrected chi connectivity index (χ4v) is 8.15. The highest BCUT2D eigenvalue weighted by molar-refractivity contribution is 6.36. The van der Waals surface area contributed by atoms with Gasteiger partial charge in [0.15, 0.2) is 0 Å². The summed E-state index contributed by atoms with van der Waals surface area (Å²) in [5.74, 6) is 0.875. The molecule has 6 heterocycles.